The summed E-state index contributed by atoms with van der Waals surface area (Å²) in [7, 11) is 1.42. The van der Waals surface area contributed by atoms with Gasteiger partial charge in [-0.05, 0) is 46.3 Å². The van der Waals surface area contributed by atoms with Crippen LogP contribution in [0.4, 0.5) is 14.5 Å². The lowest BCUT2D eigenvalue weighted by Gasteiger charge is -2.09. The highest BCUT2D eigenvalue weighted by Crippen LogP contribution is 2.27. The molecular formula is C14H10BrF2NO2. The molecule has 0 radical (unpaired) electrons. The number of nitrogen functional groups attached to an aromatic ring is 1. The Morgan fingerprint density at radius 3 is 2.60 bits per heavy atom. The first kappa shape index (κ1) is 14.5. The number of ether oxygens (including phenoxy) is 1. The number of carbonyl (C=O) groups is 1. The minimum atomic E-state index is -0.961. The fourth-order valence-electron chi connectivity index (χ4n) is 1.73. The summed E-state index contributed by atoms with van der Waals surface area (Å²) in [6.07, 6.45) is 0. The third-order valence-electron chi connectivity index (χ3n) is 2.78. The molecule has 0 unspecified atom stereocenters. The lowest BCUT2D eigenvalue weighted by atomic mass is 10.0. The van der Waals surface area contributed by atoms with Crippen LogP contribution in [0.5, 0.6) is 5.75 Å². The molecule has 104 valence electrons. The van der Waals surface area contributed by atoms with Gasteiger partial charge in [0.2, 0.25) is 5.78 Å². The van der Waals surface area contributed by atoms with Crippen LogP contribution >= 0.6 is 15.9 Å². The number of ketones is 1. The Morgan fingerprint density at radius 1 is 1.25 bits per heavy atom. The second-order valence-corrected chi connectivity index (χ2v) is 4.85. The summed E-state index contributed by atoms with van der Waals surface area (Å²) in [5, 5.41) is 0. The molecule has 0 spiro atoms. The number of nitrogens with two attached hydrogens (primary N) is 1. The van der Waals surface area contributed by atoms with E-state index >= 15 is 0 Å². The first-order chi connectivity index (χ1) is 9.45. The first-order valence-electron chi connectivity index (χ1n) is 5.57. The highest BCUT2D eigenvalue weighted by molar-refractivity contribution is 9.10. The topological polar surface area (TPSA) is 52.3 Å². The normalized spacial score (nSPS) is 10.4. The van der Waals surface area contributed by atoms with Crippen molar-refractivity contribution in [3.8, 4) is 5.75 Å². The Bertz CT molecular complexity index is 689. The van der Waals surface area contributed by atoms with Gasteiger partial charge in [-0.15, -0.1) is 0 Å². The molecular weight excluding hydrogens is 332 g/mol. The molecule has 20 heavy (non-hydrogen) atoms. The fourth-order valence-corrected chi connectivity index (χ4v) is 2.06. The number of hydrogen-bond acceptors (Lipinski definition) is 3. The number of carbonyl (C=O) groups excluding carboxylic acids is 1. The number of rotatable bonds is 3. The van der Waals surface area contributed by atoms with Crippen molar-refractivity contribution < 1.29 is 18.3 Å². The van der Waals surface area contributed by atoms with Gasteiger partial charge in [0.25, 0.3) is 0 Å². The van der Waals surface area contributed by atoms with Crippen LogP contribution in [-0.2, 0) is 0 Å². The fraction of sp³-hybridized carbons (Fsp3) is 0.0714. The van der Waals surface area contributed by atoms with Gasteiger partial charge in [0.1, 0.15) is 11.6 Å². The quantitative estimate of drug-likeness (QED) is 0.527. The molecule has 0 aliphatic heterocycles. The summed E-state index contributed by atoms with van der Waals surface area (Å²) < 4.78 is 32.6. The maximum atomic E-state index is 13.9. The smallest absolute Gasteiger partial charge is 0.201 e. The Morgan fingerprint density at radius 2 is 1.95 bits per heavy atom. The van der Waals surface area contributed by atoms with Crippen LogP contribution in [0.2, 0.25) is 0 Å². The number of benzene rings is 2. The van der Waals surface area contributed by atoms with E-state index in [1.807, 2.05) is 0 Å². The van der Waals surface area contributed by atoms with E-state index in [9.17, 15) is 13.6 Å². The maximum Gasteiger partial charge on any atom is 0.201 e. The lowest BCUT2D eigenvalue weighted by molar-refractivity contribution is 0.103. The predicted octanol–water partition coefficient (Wildman–Crippen LogP) is 3.55. The van der Waals surface area contributed by atoms with Crippen LogP contribution in [0, 0.1) is 11.6 Å². The largest absolute Gasteiger partial charge is 0.497 e. The molecule has 0 saturated carbocycles. The van der Waals surface area contributed by atoms with E-state index in [1.54, 1.807) is 6.07 Å². The Labute approximate surface area is 122 Å². The molecule has 0 bridgehead atoms. The van der Waals surface area contributed by atoms with Crippen LogP contribution in [0.3, 0.4) is 0 Å². The maximum absolute atomic E-state index is 13.9. The highest BCUT2D eigenvalue weighted by Gasteiger charge is 2.23. The van der Waals surface area contributed by atoms with Gasteiger partial charge in [0.05, 0.1) is 17.1 Å². The number of hydrogen-bond donors (Lipinski definition) is 1. The van der Waals surface area contributed by atoms with Crippen molar-refractivity contribution in [3.05, 3.63) is 57.6 Å². The molecule has 0 fully saturated rings. The molecule has 6 heteroatoms. The molecule has 0 atom stereocenters. The monoisotopic (exact) mass is 341 g/mol. The zero-order valence-corrected chi connectivity index (χ0v) is 12.0. The minimum Gasteiger partial charge on any atom is -0.497 e. The van der Waals surface area contributed by atoms with Gasteiger partial charge >= 0.3 is 0 Å². The molecule has 3 nitrogen and oxygen atoms in total. The van der Waals surface area contributed by atoms with Gasteiger partial charge in [-0.25, -0.2) is 8.78 Å². The van der Waals surface area contributed by atoms with E-state index in [-0.39, 0.29) is 15.7 Å². The standard InChI is InChI=1S/C14H10BrF2NO2/c1-20-7-2-5-11(18)8(6-7)14(19)12-10(16)4-3-9(15)13(12)17/h2-6H,18H2,1H3. The summed E-state index contributed by atoms with van der Waals surface area (Å²) in [5.41, 5.74) is 5.14. The summed E-state index contributed by atoms with van der Waals surface area (Å²) in [5.74, 6) is -2.37. The van der Waals surface area contributed by atoms with Crippen molar-refractivity contribution >= 4 is 27.4 Å². The molecule has 0 aromatic heterocycles. The van der Waals surface area contributed by atoms with E-state index in [4.69, 9.17) is 10.5 Å². The van der Waals surface area contributed by atoms with Crippen molar-refractivity contribution in [3.63, 3.8) is 0 Å². The Hall–Kier alpha value is -1.95. The molecule has 0 aliphatic rings. The van der Waals surface area contributed by atoms with Crippen LogP contribution in [-0.4, -0.2) is 12.9 Å². The van der Waals surface area contributed by atoms with Crippen molar-refractivity contribution in [2.45, 2.75) is 0 Å². The highest BCUT2D eigenvalue weighted by atomic mass is 79.9. The number of halogens is 3. The molecule has 2 aromatic rings. The van der Waals surface area contributed by atoms with Gasteiger partial charge in [-0.2, -0.15) is 0 Å². The lowest BCUT2D eigenvalue weighted by Crippen LogP contribution is -2.10. The van der Waals surface area contributed by atoms with Gasteiger partial charge in [0.15, 0.2) is 5.82 Å². The van der Waals surface area contributed by atoms with Gasteiger partial charge in [0, 0.05) is 11.3 Å². The van der Waals surface area contributed by atoms with Gasteiger partial charge < -0.3 is 10.5 Å². The number of methoxy groups -OCH3 is 1. The molecule has 2 rings (SSSR count). The molecule has 0 heterocycles. The van der Waals surface area contributed by atoms with Crippen molar-refractivity contribution in [1.29, 1.82) is 0 Å². The second-order valence-electron chi connectivity index (χ2n) is 4.00. The molecule has 2 N–H and O–H groups in total. The molecule has 2 aromatic carbocycles. The number of anilines is 1. The van der Waals surface area contributed by atoms with E-state index < -0.39 is 23.0 Å². The summed E-state index contributed by atoms with van der Waals surface area (Å²) >= 11 is 2.92. The average molecular weight is 342 g/mol. The van der Waals surface area contributed by atoms with Gasteiger partial charge in [-0.3, -0.25) is 4.79 Å². The third kappa shape index (κ3) is 2.51. The van der Waals surface area contributed by atoms with E-state index in [1.165, 1.54) is 25.3 Å². The van der Waals surface area contributed by atoms with E-state index in [0.717, 1.165) is 6.07 Å². The van der Waals surface area contributed by atoms with Crippen molar-refractivity contribution in [2.24, 2.45) is 0 Å². The Kier molecular flexibility index (Phi) is 4.04. The third-order valence-corrected chi connectivity index (χ3v) is 3.39. The molecule has 0 saturated heterocycles. The van der Waals surface area contributed by atoms with Crippen LogP contribution in [0.15, 0.2) is 34.8 Å². The van der Waals surface area contributed by atoms with E-state index in [2.05, 4.69) is 15.9 Å². The predicted molar refractivity (Wildman–Crippen MR) is 74.9 cm³/mol. The van der Waals surface area contributed by atoms with Crippen LogP contribution in [0.25, 0.3) is 0 Å². The SMILES string of the molecule is COc1ccc(N)c(C(=O)c2c(F)ccc(Br)c2F)c1. The average Bonchev–Trinajstić information content (AvgIpc) is 2.43. The van der Waals surface area contributed by atoms with Crippen LogP contribution < -0.4 is 10.5 Å². The first-order valence-corrected chi connectivity index (χ1v) is 6.36. The second kappa shape index (κ2) is 5.58. The minimum absolute atomic E-state index is 0.00344. The van der Waals surface area contributed by atoms with Crippen LogP contribution in [0.1, 0.15) is 15.9 Å². The van der Waals surface area contributed by atoms with E-state index in [0.29, 0.717) is 5.75 Å². The zero-order chi connectivity index (χ0) is 14.9. The summed E-state index contributed by atoms with van der Waals surface area (Å²) in [4.78, 5) is 12.3. The summed E-state index contributed by atoms with van der Waals surface area (Å²) in [6.45, 7) is 0. The van der Waals surface area contributed by atoms with Crippen molar-refractivity contribution in [2.75, 3.05) is 12.8 Å². The molecule has 0 amide bonds. The zero-order valence-electron chi connectivity index (χ0n) is 10.4. The molecule has 0 aliphatic carbocycles. The van der Waals surface area contributed by atoms with Crippen molar-refractivity contribution in [1.82, 2.24) is 0 Å². The summed E-state index contributed by atoms with van der Waals surface area (Å²) in [6, 6.07) is 6.55. The van der Waals surface area contributed by atoms with Gasteiger partial charge in [-0.1, -0.05) is 0 Å². The Balaban J connectivity index is 2.60.